The maximum Gasteiger partial charge on any atom is 0.0768 e. The summed E-state index contributed by atoms with van der Waals surface area (Å²) in [5.41, 5.74) is 1.02. The molecule has 4 aromatic rings. The highest BCUT2D eigenvalue weighted by Gasteiger charge is 2.15. The number of benzene rings is 3. The van der Waals surface area contributed by atoms with Gasteiger partial charge in [0.05, 0.1) is 6.10 Å². The van der Waals surface area contributed by atoms with Crippen molar-refractivity contribution in [1.29, 1.82) is 0 Å². The summed E-state index contributed by atoms with van der Waals surface area (Å²) in [6.07, 6.45) is -0.458. The van der Waals surface area contributed by atoms with Gasteiger partial charge in [-0.3, -0.25) is 0 Å². The minimum Gasteiger partial charge on any atom is -0.389 e. The molecule has 0 fully saturated rings. The first-order valence-electron chi connectivity index (χ1n) is 6.76. The smallest absolute Gasteiger partial charge is 0.0768 e. The Kier molecular flexibility index (Phi) is 2.56. The van der Waals surface area contributed by atoms with E-state index in [0.29, 0.717) is 0 Å². The lowest BCUT2D eigenvalue weighted by Gasteiger charge is -2.10. The van der Waals surface area contributed by atoms with E-state index in [2.05, 4.69) is 48.5 Å². The monoisotopic (exact) mass is 278 g/mol. The molecule has 1 nitrogen and oxygen atoms in total. The van der Waals surface area contributed by atoms with E-state index in [1.165, 1.54) is 30.9 Å². The second-order valence-electron chi connectivity index (χ2n) is 5.17. The van der Waals surface area contributed by atoms with Crippen LogP contribution in [0.5, 0.6) is 0 Å². The van der Waals surface area contributed by atoms with Crippen LogP contribution in [0.1, 0.15) is 18.6 Å². The molecule has 0 saturated carbocycles. The van der Waals surface area contributed by atoms with Crippen molar-refractivity contribution in [3.05, 3.63) is 60.2 Å². The number of thiophene rings is 1. The Morgan fingerprint density at radius 3 is 2.45 bits per heavy atom. The summed E-state index contributed by atoms with van der Waals surface area (Å²) >= 11 is 1.81. The molecule has 0 radical (unpaired) electrons. The highest BCUT2D eigenvalue weighted by Crippen LogP contribution is 2.42. The summed E-state index contributed by atoms with van der Waals surface area (Å²) in [5.74, 6) is 0. The van der Waals surface area contributed by atoms with E-state index >= 15 is 0 Å². The molecule has 3 aromatic carbocycles. The molecule has 4 rings (SSSR count). The van der Waals surface area contributed by atoms with Crippen LogP contribution in [0.4, 0.5) is 0 Å². The molecule has 0 bridgehead atoms. The van der Waals surface area contributed by atoms with E-state index in [4.69, 9.17) is 0 Å². The topological polar surface area (TPSA) is 20.2 Å². The highest BCUT2D eigenvalue weighted by molar-refractivity contribution is 7.26. The molecule has 0 spiro atoms. The lowest BCUT2D eigenvalue weighted by molar-refractivity contribution is 0.201. The van der Waals surface area contributed by atoms with Crippen molar-refractivity contribution in [3.63, 3.8) is 0 Å². The minimum atomic E-state index is -0.458. The molecule has 0 aliphatic carbocycles. The highest BCUT2D eigenvalue weighted by atomic mass is 32.1. The zero-order valence-electron chi connectivity index (χ0n) is 11.1. The van der Waals surface area contributed by atoms with Gasteiger partial charge in [-0.05, 0) is 35.4 Å². The van der Waals surface area contributed by atoms with Crippen LogP contribution in [-0.4, -0.2) is 5.11 Å². The molecule has 2 heteroatoms. The third-order valence-electron chi connectivity index (χ3n) is 3.85. The van der Waals surface area contributed by atoms with Gasteiger partial charge in [0.1, 0.15) is 0 Å². The number of hydrogen-bond acceptors (Lipinski definition) is 2. The van der Waals surface area contributed by atoms with Crippen molar-refractivity contribution >= 4 is 42.3 Å². The summed E-state index contributed by atoms with van der Waals surface area (Å²) in [6.45, 7) is 1.84. The van der Waals surface area contributed by atoms with E-state index in [1.807, 2.05) is 24.3 Å². The number of aliphatic hydroxyl groups is 1. The van der Waals surface area contributed by atoms with E-state index < -0.39 is 6.10 Å². The average molecular weight is 278 g/mol. The van der Waals surface area contributed by atoms with Crippen LogP contribution in [0.25, 0.3) is 30.9 Å². The van der Waals surface area contributed by atoms with Crippen molar-refractivity contribution in [2.24, 2.45) is 0 Å². The van der Waals surface area contributed by atoms with Crippen molar-refractivity contribution in [2.45, 2.75) is 13.0 Å². The Morgan fingerprint density at radius 2 is 1.65 bits per heavy atom. The fraction of sp³-hybridized carbons (Fsp3) is 0.111. The van der Waals surface area contributed by atoms with Crippen LogP contribution in [0, 0.1) is 0 Å². The van der Waals surface area contributed by atoms with Crippen LogP contribution in [-0.2, 0) is 0 Å². The fourth-order valence-corrected chi connectivity index (χ4v) is 4.19. The molecule has 1 heterocycles. The largest absolute Gasteiger partial charge is 0.389 e. The first kappa shape index (κ1) is 11.9. The average Bonchev–Trinajstić information content (AvgIpc) is 2.86. The molecule has 0 saturated heterocycles. The molecular weight excluding hydrogens is 264 g/mol. The molecule has 1 atom stereocenters. The Balaban J connectivity index is 2.33. The van der Waals surface area contributed by atoms with Gasteiger partial charge in [-0.2, -0.15) is 0 Å². The molecule has 1 unspecified atom stereocenters. The normalized spacial score (nSPS) is 13.3. The first-order valence-corrected chi connectivity index (χ1v) is 7.58. The Bertz CT molecular complexity index is 934. The molecule has 0 aliphatic rings. The van der Waals surface area contributed by atoms with Gasteiger partial charge in [0.2, 0.25) is 0 Å². The maximum atomic E-state index is 10.2. The maximum absolute atomic E-state index is 10.2. The minimum absolute atomic E-state index is 0.458. The van der Waals surface area contributed by atoms with Gasteiger partial charge in [0, 0.05) is 20.2 Å². The van der Waals surface area contributed by atoms with Crippen molar-refractivity contribution in [2.75, 3.05) is 0 Å². The summed E-state index contributed by atoms with van der Waals surface area (Å²) in [5, 5.41) is 15.1. The molecular formula is C18H14OS. The second kappa shape index (κ2) is 4.30. The summed E-state index contributed by atoms with van der Waals surface area (Å²) < 4.78 is 2.56. The standard InChI is InChI=1S/C18H14OS/c1-11(19)15-10-12-6-2-3-7-13(12)18-17(15)14-8-4-5-9-16(14)20-18/h2-11,19H,1H3. The predicted octanol–water partition coefficient (Wildman–Crippen LogP) is 5.26. The quantitative estimate of drug-likeness (QED) is 0.503. The molecule has 98 valence electrons. The van der Waals surface area contributed by atoms with E-state index in [1.54, 1.807) is 0 Å². The van der Waals surface area contributed by atoms with Crippen molar-refractivity contribution in [1.82, 2.24) is 0 Å². The lowest BCUT2D eigenvalue weighted by Crippen LogP contribution is -1.92. The van der Waals surface area contributed by atoms with Gasteiger partial charge in [-0.15, -0.1) is 11.3 Å². The second-order valence-corrected chi connectivity index (χ2v) is 6.22. The Hall–Kier alpha value is -1.90. The van der Waals surface area contributed by atoms with E-state index in [-0.39, 0.29) is 0 Å². The van der Waals surface area contributed by atoms with Gasteiger partial charge in [-0.25, -0.2) is 0 Å². The first-order chi connectivity index (χ1) is 9.75. The van der Waals surface area contributed by atoms with Crippen LogP contribution in [0.15, 0.2) is 54.6 Å². The molecule has 20 heavy (non-hydrogen) atoms. The van der Waals surface area contributed by atoms with Crippen LogP contribution < -0.4 is 0 Å². The van der Waals surface area contributed by atoms with Crippen LogP contribution in [0.3, 0.4) is 0 Å². The SMILES string of the molecule is CC(O)c1cc2ccccc2c2sc3ccccc3c12. The summed E-state index contributed by atoms with van der Waals surface area (Å²) in [6, 6.07) is 19.0. The number of aliphatic hydroxyl groups excluding tert-OH is 1. The van der Waals surface area contributed by atoms with Gasteiger partial charge < -0.3 is 5.11 Å². The summed E-state index contributed by atoms with van der Waals surface area (Å²) in [7, 11) is 0. The van der Waals surface area contributed by atoms with Gasteiger partial charge in [0.15, 0.2) is 0 Å². The van der Waals surface area contributed by atoms with E-state index in [9.17, 15) is 5.11 Å². The molecule has 0 amide bonds. The number of fused-ring (bicyclic) bond motifs is 5. The van der Waals surface area contributed by atoms with Crippen molar-refractivity contribution < 1.29 is 5.11 Å². The third kappa shape index (κ3) is 1.59. The van der Waals surface area contributed by atoms with Crippen molar-refractivity contribution in [3.8, 4) is 0 Å². The molecule has 0 aliphatic heterocycles. The van der Waals surface area contributed by atoms with Gasteiger partial charge in [0.25, 0.3) is 0 Å². The fourth-order valence-electron chi connectivity index (χ4n) is 2.92. The molecule has 1 N–H and O–H groups in total. The van der Waals surface area contributed by atoms with E-state index in [0.717, 1.165) is 5.56 Å². The van der Waals surface area contributed by atoms with Gasteiger partial charge in [-0.1, -0.05) is 42.5 Å². The predicted molar refractivity (Wildman–Crippen MR) is 87.5 cm³/mol. The molecule has 1 aromatic heterocycles. The van der Waals surface area contributed by atoms with Crippen LogP contribution in [0.2, 0.25) is 0 Å². The number of hydrogen-bond donors (Lipinski definition) is 1. The van der Waals surface area contributed by atoms with Gasteiger partial charge >= 0.3 is 0 Å². The van der Waals surface area contributed by atoms with Crippen LogP contribution >= 0.6 is 11.3 Å². The third-order valence-corrected chi connectivity index (χ3v) is 5.05. The lowest BCUT2D eigenvalue weighted by atomic mass is 9.98. The Morgan fingerprint density at radius 1 is 0.950 bits per heavy atom. The zero-order valence-corrected chi connectivity index (χ0v) is 11.9. The Labute approximate surface area is 121 Å². The number of rotatable bonds is 1. The summed E-state index contributed by atoms with van der Waals surface area (Å²) in [4.78, 5) is 0. The zero-order chi connectivity index (χ0) is 13.7.